The summed E-state index contributed by atoms with van der Waals surface area (Å²) in [6.45, 7) is 1.59. The number of hydrogen-bond donors (Lipinski definition) is 1. The fourth-order valence-corrected chi connectivity index (χ4v) is 5.07. The molecule has 2 heterocycles. The zero-order valence-corrected chi connectivity index (χ0v) is 16.2. The zero-order chi connectivity index (χ0) is 19.1. The van der Waals surface area contributed by atoms with Gasteiger partial charge in [0.05, 0.1) is 12.2 Å². The molecule has 1 aliphatic carbocycles. The van der Waals surface area contributed by atoms with Gasteiger partial charge < -0.3 is 9.84 Å². The molecule has 2 aliphatic heterocycles. The molecule has 3 aliphatic rings. The van der Waals surface area contributed by atoms with Crippen molar-refractivity contribution in [2.45, 2.75) is 62.8 Å². The first kappa shape index (κ1) is 18.1. The second-order valence-corrected chi connectivity index (χ2v) is 8.88. The zero-order valence-electron chi connectivity index (χ0n) is 16.2. The summed E-state index contributed by atoms with van der Waals surface area (Å²) in [5, 5.41) is 11.6. The normalized spacial score (nSPS) is 29.8. The standard InChI is InChI=1S/C24H28FNO2/c25-19-8-11-23(28-16-18-6-7-18)22(12-19)24(27)13-20-9-10-21(14-24)26(20)15-17-4-2-1-3-5-17/h1-5,8,11-12,18,20-21,27H,6-7,9-10,13-16H2. The largest absolute Gasteiger partial charge is 0.493 e. The highest BCUT2D eigenvalue weighted by Crippen LogP contribution is 2.48. The number of rotatable bonds is 6. The molecule has 0 amide bonds. The van der Waals surface area contributed by atoms with Gasteiger partial charge in [-0.2, -0.15) is 0 Å². The van der Waals surface area contributed by atoms with E-state index in [1.165, 1.54) is 30.5 Å². The van der Waals surface area contributed by atoms with Gasteiger partial charge in [0.15, 0.2) is 0 Å². The number of ether oxygens (including phenoxy) is 1. The minimum absolute atomic E-state index is 0.304. The Bertz CT molecular complexity index is 822. The van der Waals surface area contributed by atoms with Crippen molar-refractivity contribution in [2.75, 3.05) is 6.61 Å². The van der Waals surface area contributed by atoms with E-state index in [0.29, 0.717) is 48.8 Å². The Morgan fingerprint density at radius 3 is 2.39 bits per heavy atom. The van der Waals surface area contributed by atoms with Gasteiger partial charge in [-0.1, -0.05) is 30.3 Å². The lowest BCUT2D eigenvalue weighted by molar-refractivity contribution is -0.0611. The molecule has 2 atom stereocenters. The first-order valence-electron chi connectivity index (χ1n) is 10.6. The van der Waals surface area contributed by atoms with Gasteiger partial charge in [0.1, 0.15) is 11.6 Å². The van der Waals surface area contributed by atoms with Crippen LogP contribution >= 0.6 is 0 Å². The lowest BCUT2D eigenvalue weighted by atomic mass is 9.80. The van der Waals surface area contributed by atoms with Gasteiger partial charge in [0.2, 0.25) is 0 Å². The number of halogens is 1. The highest BCUT2D eigenvalue weighted by molar-refractivity contribution is 5.40. The molecule has 2 saturated heterocycles. The molecule has 2 aromatic rings. The SMILES string of the molecule is OC1(c2cc(F)ccc2OCC2CC2)CC2CCC(C1)N2Cc1ccccc1. The number of hydrogen-bond acceptors (Lipinski definition) is 3. The maximum atomic E-state index is 14.1. The van der Waals surface area contributed by atoms with Crippen LogP contribution in [0.5, 0.6) is 5.75 Å². The smallest absolute Gasteiger partial charge is 0.125 e. The van der Waals surface area contributed by atoms with Crippen LogP contribution in [0.25, 0.3) is 0 Å². The number of piperidine rings is 1. The van der Waals surface area contributed by atoms with E-state index in [-0.39, 0.29) is 5.82 Å². The Balaban J connectivity index is 1.38. The van der Waals surface area contributed by atoms with Crippen molar-refractivity contribution in [1.82, 2.24) is 4.90 Å². The second kappa shape index (κ2) is 7.16. The third-order valence-corrected chi connectivity index (χ3v) is 6.74. The van der Waals surface area contributed by atoms with Crippen LogP contribution in [0.3, 0.4) is 0 Å². The summed E-state index contributed by atoms with van der Waals surface area (Å²) in [7, 11) is 0. The topological polar surface area (TPSA) is 32.7 Å². The Kier molecular flexibility index (Phi) is 4.64. The maximum Gasteiger partial charge on any atom is 0.125 e. The molecule has 0 aromatic heterocycles. The molecule has 1 N–H and O–H groups in total. The van der Waals surface area contributed by atoms with Gasteiger partial charge in [-0.25, -0.2) is 4.39 Å². The van der Waals surface area contributed by atoms with Gasteiger partial charge in [-0.05, 0) is 68.2 Å². The molecular formula is C24H28FNO2. The molecule has 3 fully saturated rings. The quantitative estimate of drug-likeness (QED) is 0.792. The molecule has 5 rings (SSSR count). The Hall–Kier alpha value is -1.91. The summed E-state index contributed by atoms with van der Waals surface area (Å²) in [4.78, 5) is 2.54. The van der Waals surface area contributed by atoms with Crippen molar-refractivity contribution in [2.24, 2.45) is 5.92 Å². The van der Waals surface area contributed by atoms with Crippen LogP contribution in [0.2, 0.25) is 0 Å². The van der Waals surface area contributed by atoms with E-state index in [4.69, 9.17) is 4.74 Å². The van der Waals surface area contributed by atoms with E-state index in [2.05, 4.69) is 29.2 Å². The first-order valence-corrected chi connectivity index (χ1v) is 10.6. The predicted molar refractivity (Wildman–Crippen MR) is 107 cm³/mol. The molecule has 2 bridgehead atoms. The van der Waals surface area contributed by atoms with E-state index in [1.54, 1.807) is 6.07 Å². The van der Waals surface area contributed by atoms with Gasteiger partial charge in [0, 0.05) is 24.2 Å². The summed E-state index contributed by atoms with van der Waals surface area (Å²) >= 11 is 0. The molecule has 2 unspecified atom stereocenters. The molecule has 1 saturated carbocycles. The van der Waals surface area contributed by atoms with Crippen molar-refractivity contribution in [3.63, 3.8) is 0 Å². The van der Waals surface area contributed by atoms with Crippen LogP contribution in [0.4, 0.5) is 4.39 Å². The van der Waals surface area contributed by atoms with Crippen molar-refractivity contribution in [3.8, 4) is 5.75 Å². The second-order valence-electron chi connectivity index (χ2n) is 8.88. The van der Waals surface area contributed by atoms with E-state index < -0.39 is 5.60 Å². The number of fused-ring (bicyclic) bond motifs is 2. The van der Waals surface area contributed by atoms with Crippen molar-refractivity contribution >= 4 is 0 Å². The number of nitrogens with zero attached hydrogens (tertiary/aromatic N) is 1. The van der Waals surface area contributed by atoms with Crippen LogP contribution in [-0.2, 0) is 12.1 Å². The van der Waals surface area contributed by atoms with E-state index in [9.17, 15) is 9.50 Å². The van der Waals surface area contributed by atoms with E-state index >= 15 is 0 Å². The van der Waals surface area contributed by atoms with Crippen LogP contribution in [0, 0.1) is 11.7 Å². The minimum Gasteiger partial charge on any atom is -0.493 e. The predicted octanol–water partition coefficient (Wildman–Crippen LogP) is 4.63. The summed E-state index contributed by atoms with van der Waals surface area (Å²) in [6.07, 6.45) is 5.87. The lowest BCUT2D eigenvalue weighted by Gasteiger charge is -2.44. The third-order valence-electron chi connectivity index (χ3n) is 6.74. The van der Waals surface area contributed by atoms with Crippen molar-refractivity contribution in [1.29, 1.82) is 0 Å². The van der Waals surface area contributed by atoms with Gasteiger partial charge in [-0.15, -0.1) is 0 Å². The summed E-state index contributed by atoms with van der Waals surface area (Å²) < 4.78 is 20.1. The van der Waals surface area contributed by atoms with Crippen molar-refractivity contribution < 1.29 is 14.2 Å². The molecular weight excluding hydrogens is 353 g/mol. The highest BCUT2D eigenvalue weighted by atomic mass is 19.1. The fraction of sp³-hybridized carbons (Fsp3) is 0.500. The van der Waals surface area contributed by atoms with E-state index in [0.717, 1.165) is 19.4 Å². The summed E-state index contributed by atoms with van der Waals surface area (Å²) in [5.74, 6) is 0.976. The van der Waals surface area contributed by atoms with Crippen LogP contribution in [-0.4, -0.2) is 28.7 Å². The fourth-order valence-electron chi connectivity index (χ4n) is 5.07. The van der Waals surface area contributed by atoms with Crippen LogP contribution < -0.4 is 4.74 Å². The first-order chi connectivity index (χ1) is 13.6. The van der Waals surface area contributed by atoms with Crippen LogP contribution in [0.1, 0.15) is 49.7 Å². The Morgan fingerprint density at radius 2 is 1.71 bits per heavy atom. The molecule has 2 aromatic carbocycles. The van der Waals surface area contributed by atoms with Crippen LogP contribution in [0.15, 0.2) is 48.5 Å². The van der Waals surface area contributed by atoms with E-state index in [1.807, 2.05) is 6.07 Å². The Morgan fingerprint density at radius 1 is 1.00 bits per heavy atom. The minimum atomic E-state index is -1.01. The average Bonchev–Trinajstić information content (AvgIpc) is 3.49. The lowest BCUT2D eigenvalue weighted by Crippen LogP contribution is -2.49. The summed E-state index contributed by atoms with van der Waals surface area (Å²) in [6, 6.07) is 15.8. The molecule has 148 valence electrons. The molecule has 0 radical (unpaired) electrons. The Labute approximate surface area is 166 Å². The van der Waals surface area contributed by atoms with Gasteiger partial charge in [-0.3, -0.25) is 4.90 Å². The van der Waals surface area contributed by atoms with Gasteiger partial charge in [0.25, 0.3) is 0 Å². The molecule has 0 spiro atoms. The third kappa shape index (κ3) is 3.56. The molecule has 4 heteroatoms. The highest BCUT2D eigenvalue weighted by Gasteiger charge is 2.49. The molecule has 3 nitrogen and oxygen atoms in total. The van der Waals surface area contributed by atoms with Gasteiger partial charge >= 0.3 is 0 Å². The molecule has 28 heavy (non-hydrogen) atoms. The van der Waals surface area contributed by atoms with Crippen molar-refractivity contribution in [3.05, 3.63) is 65.5 Å². The number of benzene rings is 2. The maximum absolute atomic E-state index is 14.1. The number of aliphatic hydroxyl groups is 1. The summed E-state index contributed by atoms with van der Waals surface area (Å²) in [5.41, 5.74) is 0.938. The monoisotopic (exact) mass is 381 g/mol. The average molecular weight is 381 g/mol.